The molecule has 3 heteroatoms. The first-order chi connectivity index (χ1) is 9.31. The molecule has 0 rings (SSSR count). The predicted molar refractivity (Wildman–Crippen MR) is 87.6 cm³/mol. The molecule has 0 saturated heterocycles. The number of ketones is 1. The monoisotopic (exact) mass is 274 g/mol. The standard InChI is InChI=1S/C17H26N2O/c1-7-12(2)8-9-14(4)19-15(5)17(11-18)10-13(3)16(6)20/h8-12,18H,7H2,1-6H3/b9-8-,13-10+,17-15+,18-11?,19-14-/t12-/m1/s1. The molecule has 0 radical (unpaired) electrons. The summed E-state index contributed by atoms with van der Waals surface area (Å²) in [5.74, 6) is 0.543. The van der Waals surface area contributed by atoms with Gasteiger partial charge in [-0.25, -0.2) is 0 Å². The summed E-state index contributed by atoms with van der Waals surface area (Å²) in [6, 6.07) is 0. The first-order valence-electron chi connectivity index (χ1n) is 6.95. The molecule has 0 aromatic carbocycles. The van der Waals surface area contributed by atoms with Crippen molar-refractivity contribution in [2.24, 2.45) is 10.9 Å². The number of rotatable bonds is 7. The van der Waals surface area contributed by atoms with E-state index in [0.717, 1.165) is 17.8 Å². The highest BCUT2D eigenvalue weighted by Gasteiger charge is 2.01. The Kier molecular flexibility index (Phi) is 8.37. The minimum absolute atomic E-state index is 0.00881. The van der Waals surface area contributed by atoms with E-state index < -0.39 is 0 Å². The maximum absolute atomic E-state index is 11.2. The number of carbonyl (C=O) groups is 1. The van der Waals surface area contributed by atoms with Gasteiger partial charge in [-0.3, -0.25) is 9.79 Å². The Morgan fingerprint density at radius 1 is 1.25 bits per heavy atom. The van der Waals surface area contributed by atoms with Gasteiger partial charge < -0.3 is 5.41 Å². The molecule has 0 aromatic rings. The van der Waals surface area contributed by atoms with E-state index >= 15 is 0 Å². The molecule has 0 aliphatic rings. The van der Waals surface area contributed by atoms with Crippen LogP contribution in [0.2, 0.25) is 0 Å². The minimum atomic E-state index is 0.00881. The summed E-state index contributed by atoms with van der Waals surface area (Å²) in [6.45, 7) is 11.4. The van der Waals surface area contributed by atoms with Gasteiger partial charge >= 0.3 is 0 Å². The molecule has 0 amide bonds. The summed E-state index contributed by atoms with van der Waals surface area (Å²) in [6.07, 6.45) is 8.18. The lowest BCUT2D eigenvalue weighted by atomic mass is 10.1. The van der Waals surface area contributed by atoms with Gasteiger partial charge in [0.15, 0.2) is 5.78 Å². The van der Waals surface area contributed by atoms with Gasteiger partial charge in [-0.2, -0.15) is 0 Å². The average Bonchev–Trinajstić information content (AvgIpc) is 2.41. The normalized spacial score (nSPS) is 16.1. The third-order valence-corrected chi connectivity index (χ3v) is 3.15. The van der Waals surface area contributed by atoms with E-state index in [2.05, 4.69) is 24.9 Å². The van der Waals surface area contributed by atoms with Crippen LogP contribution in [0.3, 0.4) is 0 Å². The number of nitrogens with zero attached hydrogens (tertiary/aromatic N) is 1. The Morgan fingerprint density at radius 3 is 2.30 bits per heavy atom. The van der Waals surface area contributed by atoms with Crippen LogP contribution in [-0.4, -0.2) is 17.7 Å². The number of allylic oxidation sites excluding steroid dienone is 6. The van der Waals surface area contributed by atoms with Gasteiger partial charge in [-0.15, -0.1) is 0 Å². The number of hydrogen-bond donors (Lipinski definition) is 1. The molecule has 0 heterocycles. The Balaban J connectivity index is 5.26. The predicted octanol–water partition coefficient (Wildman–Crippen LogP) is 4.51. The number of Topliss-reactive ketones (excluding diaryl/α,β-unsaturated/α-hetero) is 1. The van der Waals surface area contributed by atoms with Gasteiger partial charge in [-0.05, 0) is 51.3 Å². The summed E-state index contributed by atoms with van der Waals surface area (Å²) >= 11 is 0. The molecule has 0 spiro atoms. The lowest BCUT2D eigenvalue weighted by Crippen LogP contribution is -1.96. The van der Waals surface area contributed by atoms with Gasteiger partial charge in [-0.1, -0.05) is 26.3 Å². The van der Waals surface area contributed by atoms with Crippen molar-refractivity contribution in [1.29, 1.82) is 5.41 Å². The largest absolute Gasteiger partial charge is 0.308 e. The van der Waals surface area contributed by atoms with E-state index in [1.807, 2.05) is 19.9 Å². The van der Waals surface area contributed by atoms with E-state index in [1.165, 1.54) is 13.1 Å². The van der Waals surface area contributed by atoms with Gasteiger partial charge in [0.1, 0.15) is 0 Å². The number of hydrogen-bond acceptors (Lipinski definition) is 3. The molecule has 110 valence electrons. The Bertz CT molecular complexity index is 479. The minimum Gasteiger partial charge on any atom is -0.308 e. The summed E-state index contributed by atoms with van der Waals surface area (Å²) in [5, 5.41) is 7.44. The average molecular weight is 274 g/mol. The van der Waals surface area contributed by atoms with Gasteiger partial charge in [0.05, 0.1) is 0 Å². The second kappa shape index (κ2) is 9.18. The third-order valence-electron chi connectivity index (χ3n) is 3.15. The molecule has 20 heavy (non-hydrogen) atoms. The van der Waals surface area contributed by atoms with Crippen LogP contribution in [0.1, 0.15) is 48.0 Å². The molecule has 0 bridgehead atoms. The summed E-state index contributed by atoms with van der Waals surface area (Å²) in [4.78, 5) is 15.7. The van der Waals surface area contributed by atoms with Crippen LogP contribution in [0, 0.1) is 11.3 Å². The van der Waals surface area contributed by atoms with Gasteiger partial charge in [0.2, 0.25) is 0 Å². The van der Waals surface area contributed by atoms with Crippen LogP contribution >= 0.6 is 0 Å². The quantitative estimate of drug-likeness (QED) is 0.414. The zero-order chi connectivity index (χ0) is 15.7. The van der Waals surface area contributed by atoms with Gasteiger partial charge in [0.25, 0.3) is 0 Å². The molecule has 0 unspecified atom stereocenters. The molecule has 0 fully saturated rings. The van der Waals surface area contributed by atoms with Crippen LogP contribution < -0.4 is 0 Å². The highest BCUT2D eigenvalue weighted by Crippen LogP contribution is 2.10. The number of carbonyl (C=O) groups excluding carboxylic acids is 1. The molecule has 1 atom stereocenters. The molecule has 0 saturated carbocycles. The summed E-state index contributed by atoms with van der Waals surface area (Å²) < 4.78 is 0. The van der Waals surface area contributed by atoms with Crippen LogP contribution in [0.25, 0.3) is 0 Å². The molecule has 1 N–H and O–H groups in total. The first-order valence-corrected chi connectivity index (χ1v) is 6.95. The van der Waals surface area contributed by atoms with Crippen molar-refractivity contribution in [3.05, 3.63) is 35.1 Å². The van der Waals surface area contributed by atoms with Crippen LogP contribution in [0.4, 0.5) is 0 Å². The molecule has 3 nitrogen and oxygen atoms in total. The lowest BCUT2D eigenvalue weighted by molar-refractivity contribution is -0.113. The zero-order valence-electron chi connectivity index (χ0n) is 13.4. The SMILES string of the molecule is CC[C@@H](C)\C=C/C(C)=N\C(C)=C(C=N)/C=C(\C)C(C)=O. The second-order valence-electron chi connectivity index (χ2n) is 5.07. The highest BCUT2D eigenvalue weighted by molar-refractivity contribution is 5.96. The van der Waals surface area contributed by atoms with Crippen molar-refractivity contribution in [2.75, 3.05) is 0 Å². The number of aliphatic imine (C=N–C) groups is 1. The summed E-state index contributed by atoms with van der Waals surface area (Å²) in [5.41, 5.74) is 2.93. The smallest absolute Gasteiger partial charge is 0.155 e. The van der Waals surface area contributed by atoms with Crippen LogP contribution in [-0.2, 0) is 4.79 Å². The van der Waals surface area contributed by atoms with Crippen molar-refractivity contribution < 1.29 is 4.79 Å². The lowest BCUT2D eigenvalue weighted by Gasteiger charge is -2.02. The molecular formula is C17H26N2O. The fourth-order valence-corrected chi connectivity index (χ4v) is 1.39. The molecular weight excluding hydrogens is 248 g/mol. The number of nitrogens with one attached hydrogen (secondary N) is 1. The topological polar surface area (TPSA) is 53.3 Å². The maximum atomic E-state index is 11.2. The Labute approximate surface area is 122 Å². The van der Waals surface area contributed by atoms with Crippen molar-refractivity contribution in [2.45, 2.75) is 48.0 Å². The Hall–Kier alpha value is -1.77. The third kappa shape index (κ3) is 6.98. The van der Waals surface area contributed by atoms with E-state index in [-0.39, 0.29) is 5.78 Å². The highest BCUT2D eigenvalue weighted by atomic mass is 16.1. The Morgan fingerprint density at radius 2 is 1.85 bits per heavy atom. The molecule has 0 aliphatic carbocycles. The molecule has 0 aromatic heterocycles. The van der Waals surface area contributed by atoms with Crippen molar-refractivity contribution in [3.63, 3.8) is 0 Å². The molecule has 0 aliphatic heterocycles. The fourth-order valence-electron chi connectivity index (χ4n) is 1.39. The fraction of sp³-hybridized carbons (Fsp3) is 0.471. The van der Waals surface area contributed by atoms with E-state index in [4.69, 9.17) is 5.41 Å². The van der Waals surface area contributed by atoms with Crippen LogP contribution in [0.15, 0.2) is 40.1 Å². The van der Waals surface area contributed by atoms with E-state index in [0.29, 0.717) is 17.1 Å². The van der Waals surface area contributed by atoms with Crippen LogP contribution in [0.5, 0.6) is 0 Å². The van der Waals surface area contributed by atoms with Crippen molar-refractivity contribution in [3.8, 4) is 0 Å². The van der Waals surface area contributed by atoms with Gasteiger partial charge in [0, 0.05) is 23.2 Å². The van der Waals surface area contributed by atoms with E-state index in [9.17, 15) is 4.79 Å². The second-order valence-corrected chi connectivity index (χ2v) is 5.07. The van der Waals surface area contributed by atoms with Crippen molar-refractivity contribution >= 4 is 17.7 Å². The maximum Gasteiger partial charge on any atom is 0.155 e. The van der Waals surface area contributed by atoms with Crippen molar-refractivity contribution in [1.82, 2.24) is 0 Å². The zero-order valence-corrected chi connectivity index (χ0v) is 13.4. The first kappa shape index (κ1) is 18.2. The van der Waals surface area contributed by atoms with E-state index in [1.54, 1.807) is 13.0 Å². The summed E-state index contributed by atoms with van der Waals surface area (Å²) in [7, 11) is 0.